The summed E-state index contributed by atoms with van der Waals surface area (Å²) in [5, 5.41) is 16.1. The van der Waals surface area contributed by atoms with E-state index in [1.165, 1.54) is 0 Å². The molecule has 2 saturated heterocycles. The molecule has 2 fully saturated rings. The van der Waals surface area contributed by atoms with Crippen LogP contribution in [0.25, 0.3) is 0 Å². The van der Waals surface area contributed by atoms with E-state index in [4.69, 9.17) is 17.0 Å². The first kappa shape index (κ1) is 33.2. The van der Waals surface area contributed by atoms with Crippen LogP contribution in [0.2, 0.25) is 0 Å². The zero-order valence-electron chi connectivity index (χ0n) is 25.9. The summed E-state index contributed by atoms with van der Waals surface area (Å²) in [5.74, 6) is -0.00570. The van der Waals surface area contributed by atoms with E-state index in [1.807, 2.05) is 61.5 Å². The number of methoxy groups -OCH3 is 1. The maximum absolute atomic E-state index is 14.3. The molecule has 0 saturated carbocycles. The second-order valence-electron chi connectivity index (χ2n) is 11.5. The third kappa shape index (κ3) is 8.69. The van der Waals surface area contributed by atoms with Gasteiger partial charge in [-0.3, -0.25) is 14.4 Å². The number of likely N-dealkylation sites (N-methyl/N-ethyl adjacent to an activating group) is 1. The van der Waals surface area contributed by atoms with E-state index >= 15 is 0 Å². The Morgan fingerprint density at radius 3 is 2.39 bits per heavy atom. The van der Waals surface area contributed by atoms with Gasteiger partial charge in [0.25, 0.3) is 0 Å². The summed E-state index contributed by atoms with van der Waals surface area (Å²) in [6.07, 6.45) is 3.99. The molecule has 11 heteroatoms. The molecule has 5 N–H and O–H groups in total. The third-order valence-electron chi connectivity index (χ3n) is 8.65. The van der Waals surface area contributed by atoms with E-state index in [9.17, 15) is 14.4 Å². The number of fused-ring (bicyclic) bond motifs is 1. The predicted molar refractivity (Wildman–Crippen MR) is 175 cm³/mol. The number of ether oxygens (including phenoxy) is 1. The number of rotatable bonds is 13. The Balaban J connectivity index is 1.47. The molecular formula is C33H46N6O4S. The van der Waals surface area contributed by atoms with Crippen LogP contribution in [0.3, 0.4) is 0 Å². The van der Waals surface area contributed by atoms with Crippen LogP contribution in [0.15, 0.2) is 54.6 Å². The fourth-order valence-electron chi connectivity index (χ4n) is 6.21. The van der Waals surface area contributed by atoms with Crippen molar-refractivity contribution in [1.82, 2.24) is 31.5 Å². The van der Waals surface area contributed by atoms with Crippen LogP contribution in [0.5, 0.6) is 5.75 Å². The molecule has 4 rings (SSSR count). The van der Waals surface area contributed by atoms with Crippen LogP contribution >= 0.6 is 12.2 Å². The summed E-state index contributed by atoms with van der Waals surface area (Å²) in [7, 11) is 3.38. The zero-order valence-corrected chi connectivity index (χ0v) is 26.8. The lowest BCUT2D eigenvalue weighted by atomic mass is 9.92. The molecule has 1 unspecified atom stereocenters. The van der Waals surface area contributed by atoms with Crippen molar-refractivity contribution in [3.05, 3.63) is 65.7 Å². The van der Waals surface area contributed by atoms with Gasteiger partial charge in [-0.2, -0.15) is 0 Å². The maximum Gasteiger partial charge on any atom is 0.246 e. The predicted octanol–water partition coefficient (Wildman–Crippen LogP) is 1.92. The topological polar surface area (TPSA) is 124 Å². The van der Waals surface area contributed by atoms with E-state index < -0.39 is 18.1 Å². The van der Waals surface area contributed by atoms with E-state index in [0.29, 0.717) is 50.4 Å². The molecule has 10 nitrogen and oxygen atoms in total. The van der Waals surface area contributed by atoms with Crippen LogP contribution in [0, 0.1) is 5.92 Å². The molecule has 0 aromatic heterocycles. The molecule has 2 aromatic rings. The van der Waals surface area contributed by atoms with E-state index in [2.05, 4.69) is 26.6 Å². The standard InChI is InChI=1S/C33H46N6O4S/c1-4-35-33(44)37-21-24-12-13-25-14-17-28(31(41)36-19-18-22-10-15-26(43-3)16-11-22)39(25)32(42)29(24)38-30(40)27(34-2)20-23-8-6-5-7-9-23/h5-11,15-16,24-25,27-29,34H,4,12-14,17-21H2,1-3H3,(H,36,41)(H,38,40)(H2,35,37,44)/t24-,25+,27-,28+,29?/m1/s1. The van der Waals surface area contributed by atoms with Crippen LogP contribution in [-0.4, -0.2) is 85.7 Å². The van der Waals surface area contributed by atoms with Crippen LogP contribution in [0.4, 0.5) is 0 Å². The fourth-order valence-corrected chi connectivity index (χ4v) is 6.44. The number of hydrogen-bond acceptors (Lipinski definition) is 6. The highest BCUT2D eigenvalue weighted by Crippen LogP contribution is 2.34. The highest BCUT2D eigenvalue weighted by atomic mass is 32.1. The average molecular weight is 623 g/mol. The van der Waals surface area contributed by atoms with E-state index in [-0.39, 0.29) is 29.7 Å². The molecule has 44 heavy (non-hydrogen) atoms. The minimum Gasteiger partial charge on any atom is -0.497 e. The summed E-state index contributed by atoms with van der Waals surface area (Å²) in [6, 6.07) is 15.6. The molecule has 238 valence electrons. The van der Waals surface area contributed by atoms with Gasteiger partial charge in [0.1, 0.15) is 17.8 Å². The van der Waals surface area contributed by atoms with Crippen molar-refractivity contribution >= 4 is 35.1 Å². The smallest absolute Gasteiger partial charge is 0.246 e. The third-order valence-corrected chi connectivity index (χ3v) is 8.94. The number of benzene rings is 2. The quantitative estimate of drug-likeness (QED) is 0.215. The first-order valence-corrected chi connectivity index (χ1v) is 16.0. The first-order chi connectivity index (χ1) is 21.3. The molecule has 2 heterocycles. The normalized spacial score (nSPS) is 21.9. The van der Waals surface area contributed by atoms with Crippen molar-refractivity contribution in [3.8, 4) is 5.75 Å². The largest absolute Gasteiger partial charge is 0.497 e. The average Bonchev–Trinajstić information content (AvgIpc) is 3.42. The number of carbonyl (C=O) groups excluding carboxylic acids is 3. The van der Waals surface area contributed by atoms with Gasteiger partial charge in [0, 0.05) is 31.6 Å². The first-order valence-electron chi connectivity index (χ1n) is 15.6. The number of nitrogens with zero attached hydrogens (tertiary/aromatic N) is 1. The molecule has 2 aromatic carbocycles. The molecule has 0 radical (unpaired) electrons. The number of hydrogen-bond donors (Lipinski definition) is 5. The summed E-state index contributed by atoms with van der Waals surface area (Å²) in [6.45, 7) is 3.55. The van der Waals surface area contributed by atoms with Gasteiger partial charge in [0.15, 0.2) is 5.11 Å². The van der Waals surface area contributed by atoms with Crippen molar-refractivity contribution in [3.63, 3.8) is 0 Å². The Labute approximate surface area is 266 Å². The van der Waals surface area contributed by atoms with Crippen molar-refractivity contribution in [2.45, 2.75) is 69.6 Å². The van der Waals surface area contributed by atoms with Gasteiger partial charge in [-0.15, -0.1) is 0 Å². The summed E-state index contributed by atoms with van der Waals surface area (Å²) in [4.78, 5) is 43.1. The molecule has 0 spiro atoms. The van der Waals surface area contributed by atoms with Crippen molar-refractivity contribution in [1.29, 1.82) is 0 Å². The van der Waals surface area contributed by atoms with Crippen molar-refractivity contribution in [2.24, 2.45) is 5.92 Å². The SMILES string of the molecule is CCNC(=S)NC[C@H]1CC[C@H]2CC[C@@H](C(=O)NCCc3ccc(OC)cc3)N2C(=O)C1NC(=O)[C@@H](Cc1ccccc1)NC. The second-order valence-corrected chi connectivity index (χ2v) is 11.9. The monoisotopic (exact) mass is 622 g/mol. The number of nitrogens with one attached hydrogen (secondary N) is 5. The Morgan fingerprint density at radius 2 is 1.70 bits per heavy atom. The molecule has 2 aliphatic heterocycles. The van der Waals surface area contributed by atoms with Gasteiger partial charge in [-0.25, -0.2) is 0 Å². The van der Waals surface area contributed by atoms with E-state index in [0.717, 1.165) is 29.7 Å². The summed E-state index contributed by atoms with van der Waals surface area (Å²) in [5.41, 5.74) is 2.11. The van der Waals surface area contributed by atoms with Crippen LogP contribution in [-0.2, 0) is 27.2 Å². The molecular weight excluding hydrogens is 576 g/mol. The Kier molecular flexibility index (Phi) is 12.4. The Bertz CT molecular complexity index is 1260. The highest BCUT2D eigenvalue weighted by Gasteiger charge is 2.47. The van der Waals surface area contributed by atoms with Gasteiger partial charge in [0.2, 0.25) is 17.7 Å². The highest BCUT2D eigenvalue weighted by molar-refractivity contribution is 7.80. The van der Waals surface area contributed by atoms with Crippen LogP contribution < -0.4 is 31.3 Å². The second kappa shape index (κ2) is 16.4. The lowest BCUT2D eigenvalue weighted by molar-refractivity contribution is -0.143. The zero-order chi connectivity index (χ0) is 31.5. The molecule has 2 aliphatic rings. The summed E-state index contributed by atoms with van der Waals surface area (Å²) >= 11 is 5.39. The maximum atomic E-state index is 14.3. The lowest BCUT2D eigenvalue weighted by Gasteiger charge is -2.33. The number of carbonyl (C=O) groups is 3. The summed E-state index contributed by atoms with van der Waals surface area (Å²) < 4.78 is 5.22. The fraction of sp³-hybridized carbons (Fsp3) is 0.515. The minimum atomic E-state index is -0.788. The van der Waals surface area contributed by atoms with Crippen molar-refractivity contribution < 1.29 is 19.1 Å². The number of amides is 3. The molecule has 5 atom stereocenters. The van der Waals surface area contributed by atoms with Crippen molar-refractivity contribution in [2.75, 3.05) is 33.8 Å². The van der Waals surface area contributed by atoms with E-state index in [1.54, 1.807) is 19.1 Å². The van der Waals surface area contributed by atoms with Gasteiger partial charge in [-0.1, -0.05) is 42.5 Å². The van der Waals surface area contributed by atoms with Gasteiger partial charge in [0.05, 0.1) is 13.2 Å². The van der Waals surface area contributed by atoms with Crippen LogP contribution in [0.1, 0.15) is 43.7 Å². The molecule has 0 aliphatic carbocycles. The van der Waals surface area contributed by atoms with Gasteiger partial charge in [-0.05, 0) is 88.0 Å². The molecule has 3 amide bonds. The Hall–Kier alpha value is -3.70. The van der Waals surface area contributed by atoms with Gasteiger partial charge < -0.3 is 36.2 Å². The number of thiocarbonyl (C=S) groups is 1. The van der Waals surface area contributed by atoms with Gasteiger partial charge >= 0.3 is 0 Å². The Morgan fingerprint density at radius 1 is 0.977 bits per heavy atom. The molecule has 0 bridgehead atoms. The minimum absolute atomic E-state index is 0.0469. The lowest BCUT2D eigenvalue weighted by Crippen LogP contribution is -2.59.